The Morgan fingerprint density at radius 1 is 1.09 bits per heavy atom. The summed E-state index contributed by atoms with van der Waals surface area (Å²) in [6, 6.07) is 19.5. The molecule has 4 rings (SSSR count). The first kappa shape index (κ1) is 22.6. The summed E-state index contributed by atoms with van der Waals surface area (Å²) in [5.41, 5.74) is 3.40. The lowest BCUT2D eigenvalue weighted by Gasteiger charge is -2.33. The lowest BCUT2D eigenvalue weighted by atomic mass is 9.80. The smallest absolute Gasteiger partial charge is 0.407 e. The minimum atomic E-state index is -0.679. The van der Waals surface area contributed by atoms with E-state index in [1.165, 1.54) is 0 Å². The molecule has 0 spiro atoms. The van der Waals surface area contributed by atoms with Gasteiger partial charge in [-0.1, -0.05) is 54.6 Å². The summed E-state index contributed by atoms with van der Waals surface area (Å²) in [5.74, 6) is 0.602. The van der Waals surface area contributed by atoms with E-state index in [2.05, 4.69) is 20.8 Å². The van der Waals surface area contributed by atoms with Gasteiger partial charge in [-0.05, 0) is 50.3 Å². The van der Waals surface area contributed by atoms with Crippen molar-refractivity contribution in [3.8, 4) is 0 Å². The highest BCUT2D eigenvalue weighted by atomic mass is 16.6. The molecule has 7 nitrogen and oxygen atoms in total. The Morgan fingerprint density at radius 2 is 1.79 bits per heavy atom. The zero-order chi connectivity index (χ0) is 23.4. The molecule has 0 saturated heterocycles. The van der Waals surface area contributed by atoms with Gasteiger partial charge in [0.15, 0.2) is 5.82 Å². The number of nitrogens with one attached hydrogen (secondary N) is 3. The number of hydrogen-bond acceptors (Lipinski definition) is 4. The van der Waals surface area contributed by atoms with Crippen LogP contribution in [0.5, 0.6) is 0 Å². The molecule has 172 valence electrons. The molecular formula is C26H30N4O3. The fraction of sp³-hybridized carbons (Fsp3) is 0.346. The molecule has 0 atom stereocenters. The number of aromatic amines is 1. The van der Waals surface area contributed by atoms with Crippen molar-refractivity contribution < 1.29 is 14.3 Å². The zero-order valence-electron chi connectivity index (χ0n) is 19.2. The van der Waals surface area contributed by atoms with Crippen molar-refractivity contribution >= 4 is 17.8 Å². The maximum absolute atomic E-state index is 12.8. The Bertz CT molecular complexity index is 1120. The van der Waals surface area contributed by atoms with Crippen molar-refractivity contribution in [3.05, 3.63) is 83.0 Å². The van der Waals surface area contributed by atoms with Crippen molar-refractivity contribution in [3.63, 3.8) is 0 Å². The van der Waals surface area contributed by atoms with Gasteiger partial charge in [-0.15, -0.1) is 0 Å². The van der Waals surface area contributed by atoms with E-state index in [0.29, 0.717) is 12.4 Å². The van der Waals surface area contributed by atoms with E-state index in [4.69, 9.17) is 4.74 Å². The van der Waals surface area contributed by atoms with E-state index in [1.807, 2.05) is 81.4 Å². The maximum Gasteiger partial charge on any atom is 0.407 e. The van der Waals surface area contributed by atoms with Crippen molar-refractivity contribution in [2.75, 3.05) is 5.32 Å². The van der Waals surface area contributed by atoms with Crippen LogP contribution in [0.15, 0.2) is 60.7 Å². The third kappa shape index (κ3) is 5.25. The summed E-state index contributed by atoms with van der Waals surface area (Å²) in [4.78, 5) is 24.9. The highest BCUT2D eigenvalue weighted by Crippen LogP contribution is 2.38. The van der Waals surface area contributed by atoms with Gasteiger partial charge in [0, 0.05) is 24.2 Å². The molecule has 0 bridgehead atoms. The predicted octanol–water partition coefficient (Wildman–Crippen LogP) is 4.81. The first-order valence-electron chi connectivity index (χ1n) is 11.2. The molecule has 1 heterocycles. The number of rotatable bonds is 7. The molecule has 0 aliphatic heterocycles. The van der Waals surface area contributed by atoms with Crippen molar-refractivity contribution in [1.82, 2.24) is 15.5 Å². The van der Waals surface area contributed by atoms with Gasteiger partial charge in [0.25, 0.3) is 0 Å². The van der Waals surface area contributed by atoms with Gasteiger partial charge in [-0.3, -0.25) is 9.89 Å². The van der Waals surface area contributed by atoms with E-state index in [0.717, 1.165) is 35.2 Å². The Hall–Kier alpha value is -3.61. The standard InChI is InChI=1S/C26H30N4O3/c1-17-9-7-8-10-18(17)16-27-25(32)33-21-13-19(14-21)22-15-23(30-29-22)28-24(31)26(2,3)20-11-5-4-6-12-20/h4-12,15,19,21H,13-14,16H2,1-3H3,(H,27,32)(H2,28,29,30,31)/t19-,21+. The van der Waals surface area contributed by atoms with Crippen LogP contribution in [0.2, 0.25) is 0 Å². The number of aryl methyl sites for hydroxylation is 1. The summed E-state index contributed by atoms with van der Waals surface area (Å²) in [5, 5.41) is 13.0. The number of anilines is 1. The quantitative estimate of drug-likeness (QED) is 0.485. The number of carbonyl (C=O) groups is 2. The molecule has 1 saturated carbocycles. The molecular weight excluding hydrogens is 416 g/mol. The highest BCUT2D eigenvalue weighted by Gasteiger charge is 2.35. The van der Waals surface area contributed by atoms with Crippen LogP contribution in [-0.4, -0.2) is 28.3 Å². The minimum Gasteiger partial charge on any atom is -0.446 e. The molecule has 7 heteroatoms. The van der Waals surface area contributed by atoms with E-state index in [-0.39, 0.29) is 17.9 Å². The van der Waals surface area contributed by atoms with Gasteiger partial charge in [0.1, 0.15) is 6.10 Å². The molecule has 1 aliphatic rings. The molecule has 0 unspecified atom stereocenters. The lowest BCUT2D eigenvalue weighted by Crippen LogP contribution is -2.36. The maximum atomic E-state index is 12.8. The molecule has 1 aromatic heterocycles. The molecule has 1 fully saturated rings. The molecule has 33 heavy (non-hydrogen) atoms. The SMILES string of the molecule is Cc1ccccc1CNC(=O)O[C@H]1C[C@@H](c2cc(NC(=O)C(C)(C)c3ccccc3)n[nH]2)C1. The molecule has 3 N–H and O–H groups in total. The first-order valence-corrected chi connectivity index (χ1v) is 11.2. The Kier molecular flexibility index (Phi) is 6.49. The fourth-order valence-electron chi connectivity index (χ4n) is 3.95. The molecule has 0 radical (unpaired) electrons. The average Bonchev–Trinajstić information content (AvgIpc) is 3.23. The van der Waals surface area contributed by atoms with Crippen LogP contribution >= 0.6 is 0 Å². The second-order valence-electron chi connectivity index (χ2n) is 9.13. The summed E-state index contributed by atoms with van der Waals surface area (Å²) in [7, 11) is 0. The number of ether oxygens (including phenoxy) is 1. The van der Waals surface area contributed by atoms with Crippen LogP contribution < -0.4 is 10.6 Å². The second-order valence-corrected chi connectivity index (χ2v) is 9.13. The van der Waals surface area contributed by atoms with Crippen LogP contribution in [0.1, 0.15) is 55.0 Å². The largest absolute Gasteiger partial charge is 0.446 e. The van der Waals surface area contributed by atoms with E-state index < -0.39 is 11.5 Å². The summed E-state index contributed by atoms with van der Waals surface area (Å²) in [6.45, 7) is 6.25. The van der Waals surface area contributed by atoms with Gasteiger partial charge >= 0.3 is 6.09 Å². The van der Waals surface area contributed by atoms with Crippen LogP contribution in [0.25, 0.3) is 0 Å². The monoisotopic (exact) mass is 446 g/mol. The van der Waals surface area contributed by atoms with Crippen LogP contribution in [0.4, 0.5) is 10.6 Å². The number of aromatic nitrogens is 2. The number of amides is 2. The number of carbonyl (C=O) groups excluding carboxylic acids is 2. The van der Waals surface area contributed by atoms with Crippen LogP contribution in [-0.2, 0) is 21.5 Å². The number of H-pyrrole nitrogens is 1. The zero-order valence-corrected chi connectivity index (χ0v) is 19.2. The topological polar surface area (TPSA) is 96.1 Å². The summed E-state index contributed by atoms with van der Waals surface area (Å²) >= 11 is 0. The molecule has 2 amide bonds. The normalized spacial score (nSPS) is 17.7. The Balaban J connectivity index is 1.24. The van der Waals surface area contributed by atoms with E-state index in [9.17, 15) is 9.59 Å². The van der Waals surface area contributed by atoms with Crippen LogP contribution in [0, 0.1) is 6.92 Å². The first-order chi connectivity index (χ1) is 15.8. The number of alkyl carbamates (subject to hydrolysis) is 1. The Labute approximate surface area is 193 Å². The Morgan fingerprint density at radius 3 is 2.52 bits per heavy atom. The minimum absolute atomic E-state index is 0.119. The predicted molar refractivity (Wildman–Crippen MR) is 127 cm³/mol. The summed E-state index contributed by atoms with van der Waals surface area (Å²) < 4.78 is 5.51. The number of benzene rings is 2. The van der Waals surface area contributed by atoms with E-state index >= 15 is 0 Å². The third-order valence-electron chi connectivity index (χ3n) is 6.40. The van der Waals surface area contributed by atoms with Gasteiger partial charge < -0.3 is 15.4 Å². The molecule has 2 aromatic carbocycles. The van der Waals surface area contributed by atoms with Crippen molar-refractivity contribution in [2.45, 2.75) is 57.6 Å². The third-order valence-corrected chi connectivity index (χ3v) is 6.40. The molecule has 3 aromatic rings. The van der Waals surface area contributed by atoms with Crippen molar-refractivity contribution in [2.24, 2.45) is 0 Å². The van der Waals surface area contributed by atoms with Gasteiger partial charge in [-0.25, -0.2) is 4.79 Å². The fourth-order valence-corrected chi connectivity index (χ4v) is 3.95. The van der Waals surface area contributed by atoms with E-state index in [1.54, 1.807) is 0 Å². The van der Waals surface area contributed by atoms with Gasteiger partial charge in [0.2, 0.25) is 5.91 Å². The number of hydrogen-bond donors (Lipinski definition) is 3. The highest BCUT2D eigenvalue weighted by molar-refractivity contribution is 5.97. The van der Waals surface area contributed by atoms with Gasteiger partial charge in [-0.2, -0.15) is 5.10 Å². The molecule has 1 aliphatic carbocycles. The summed E-state index contributed by atoms with van der Waals surface area (Å²) in [6.07, 6.45) is 0.929. The second kappa shape index (κ2) is 9.48. The number of nitrogens with zero attached hydrogens (tertiary/aromatic N) is 1. The average molecular weight is 447 g/mol. The van der Waals surface area contributed by atoms with Gasteiger partial charge in [0.05, 0.1) is 5.41 Å². The van der Waals surface area contributed by atoms with Crippen LogP contribution in [0.3, 0.4) is 0 Å². The van der Waals surface area contributed by atoms with Crippen molar-refractivity contribution in [1.29, 1.82) is 0 Å². The lowest BCUT2D eigenvalue weighted by molar-refractivity contribution is -0.120.